The monoisotopic (exact) mass is 348 g/mol. The van der Waals surface area contributed by atoms with Crippen molar-refractivity contribution in [1.29, 1.82) is 0 Å². The summed E-state index contributed by atoms with van der Waals surface area (Å²) in [6, 6.07) is 3.00. The number of hydrogen-bond acceptors (Lipinski definition) is 2. The summed E-state index contributed by atoms with van der Waals surface area (Å²) >= 11 is 5.51. The largest absolute Gasteiger partial charge is 0.493 e. The average Bonchev–Trinajstić information content (AvgIpc) is 3.28. The van der Waals surface area contributed by atoms with Gasteiger partial charge >= 0.3 is 0 Å². The van der Waals surface area contributed by atoms with Gasteiger partial charge < -0.3 is 4.74 Å². The Kier molecular flexibility index (Phi) is 3.29. The number of benzene rings is 1. The quantitative estimate of drug-likeness (QED) is 0.676. The fraction of sp³-hybridized carbons (Fsp3) is 0.650. The fourth-order valence-electron chi connectivity index (χ4n) is 5.95. The van der Waals surface area contributed by atoms with Crippen molar-refractivity contribution < 1.29 is 13.9 Å². The zero-order valence-corrected chi connectivity index (χ0v) is 14.4. The summed E-state index contributed by atoms with van der Waals surface area (Å²) in [4.78, 5) is 11.4. The van der Waals surface area contributed by atoms with Crippen LogP contribution in [0.4, 0.5) is 4.39 Å². The van der Waals surface area contributed by atoms with Crippen LogP contribution < -0.4 is 4.74 Å². The van der Waals surface area contributed by atoms with Gasteiger partial charge in [-0.3, -0.25) is 4.79 Å². The lowest BCUT2D eigenvalue weighted by molar-refractivity contribution is 0.0736. The lowest BCUT2D eigenvalue weighted by Crippen LogP contribution is -2.33. The molecule has 0 spiro atoms. The normalized spacial score (nSPS) is 36.3. The molecular weight excluding hydrogens is 327 g/mol. The third-order valence-corrected chi connectivity index (χ3v) is 7.12. The molecule has 0 amide bonds. The van der Waals surface area contributed by atoms with E-state index in [0.717, 1.165) is 36.2 Å². The highest BCUT2D eigenvalue weighted by Gasteiger charge is 2.56. The molecule has 1 aromatic rings. The van der Waals surface area contributed by atoms with Gasteiger partial charge in [0.2, 0.25) is 0 Å². The van der Waals surface area contributed by atoms with Gasteiger partial charge in [0, 0.05) is 11.5 Å². The molecule has 5 aliphatic carbocycles. The number of hydrogen-bond donors (Lipinski definition) is 0. The van der Waals surface area contributed by atoms with Crippen molar-refractivity contribution in [1.82, 2.24) is 0 Å². The van der Waals surface area contributed by atoms with Gasteiger partial charge in [0.05, 0.1) is 12.2 Å². The van der Waals surface area contributed by atoms with Crippen LogP contribution >= 0.6 is 11.6 Å². The second-order valence-electron chi connectivity index (χ2n) is 8.68. The lowest BCUT2D eigenvalue weighted by atomic mass is 9.70. The van der Waals surface area contributed by atoms with Crippen LogP contribution in [-0.2, 0) is 0 Å². The molecule has 5 fully saturated rings. The molecule has 2 unspecified atom stereocenters. The van der Waals surface area contributed by atoms with Gasteiger partial charge in [0.25, 0.3) is 5.24 Å². The summed E-state index contributed by atoms with van der Waals surface area (Å²) in [7, 11) is 0. The standard InChI is InChI=1S/C20H22ClFO2/c21-19(23)16-5-15(12-1-2-12)18(6-17(16)22)24-10-20-7-11-3-13(8-20)14(4-11)9-20/h5-6,11-14H,1-4,7-10H2. The summed E-state index contributed by atoms with van der Waals surface area (Å²) in [5.41, 5.74) is 1.26. The Morgan fingerprint density at radius 3 is 2.50 bits per heavy atom. The van der Waals surface area contributed by atoms with E-state index in [2.05, 4.69) is 0 Å². The zero-order chi connectivity index (χ0) is 16.5. The maximum Gasteiger partial charge on any atom is 0.255 e. The first-order valence-corrected chi connectivity index (χ1v) is 9.57. The van der Waals surface area contributed by atoms with Crippen LogP contribution in [0.15, 0.2) is 12.1 Å². The van der Waals surface area contributed by atoms with Crippen molar-refractivity contribution in [3.8, 4) is 5.75 Å². The van der Waals surface area contributed by atoms with Crippen molar-refractivity contribution in [2.24, 2.45) is 23.2 Å². The number of ether oxygens (including phenoxy) is 1. The summed E-state index contributed by atoms with van der Waals surface area (Å²) in [6.45, 7) is 0.698. The molecule has 1 aromatic carbocycles. The minimum absolute atomic E-state index is 0.0241. The molecule has 0 saturated heterocycles. The highest BCUT2D eigenvalue weighted by molar-refractivity contribution is 6.67. The molecule has 2 atom stereocenters. The highest BCUT2D eigenvalue weighted by atomic mass is 35.5. The van der Waals surface area contributed by atoms with E-state index < -0.39 is 11.1 Å². The van der Waals surface area contributed by atoms with Gasteiger partial charge in [0.15, 0.2) is 0 Å². The first-order chi connectivity index (χ1) is 11.5. The maximum absolute atomic E-state index is 14.2. The van der Waals surface area contributed by atoms with Crippen molar-refractivity contribution >= 4 is 16.8 Å². The molecule has 4 bridgehead atoms. The Hall–Kier alpha value is -1.09. The van der Waals surface area contributed by atoms with E-state index in [9.17, 15) is 9.18 Å². The molecule has 5 aliphatic rings. The summed E-state index contributed by atoms with van der Waals surface area (Å²) < 4.78 is 20.4. The van der Waals surface area contributed by atoms with Crippen molar-refractivity contribution in [3.05, 3.63) is 29.1 Å². The van der Waals surface area contributed by atoms with Crippen molar-refractivity contribution in [2.75, 3.05) is 6.61 Å². The lowest BCUT2D eigenvalue weighted by Gasteiger charge is -2.38. The SMILES string of the molecule is O=C(Cl)c1cc(C2CC2)c(OCC23CC4CC(C2)C(C4)C3)cc1F. The molecule has 24 heavy (non-hydrogen) atoms. The third-order valence-electron chi connectivity index (χ3n) is 6.91. The Balaban J connectivity index is 1.39. The van der Waals surface area contributed by atoms with Crippen LogP contribution in [0.1, 0.15) is 66.8 Å². The van der Waals surface area contributed by atoms with Crippen LogP contribution in [0, 0.1) is 29.0 Å². The molecule has 0 aromatic heterocycles. The van der Waals surface area contributed by atoms with Gasteiger partial charge in [0.1, 0.15) is 11.6 Å². The first kappa shape index (κ1) is 15.2. The average molecular weight is 349 g/mol. The van der Waals surface area contributed by atoms with Gasteiger partial charge in [-0.15, -0.1) is 0 Å². The first-order valence-electron chi connectivity index (χ1n) is 9.19. The molecule has 2 nitrogen and oxygen atoms in total. The summed E-state index contributed by atoms with van der Waals surface area (Å²) in [5.74, 6) is 3.16. The minimum Gasteiger partial charge on any atom is -0.493 e. The second-order valence-corrected chi connectivity index (χ2v) is 9.02. The van der Waals surface area contributed by atoms with E-state index in [1.165, 1.54) is 38.2 Å². The summed E-state index contributed by atoms with van der Waals surface area (Å²) in [6.07, 6.45) is 8.84. The van der Waals surface area contributed by atoms with Crippen LogP contribution in [0.25, 0.3) is 0 Å². The molecule has 0 N–H and O–H groups in total. The molecule has 0 radical (unpaired) electrons. The van der Waals surface area contributed by atoms with Crippen molar-refractivity contribution in [3.63, 3.8) is 0 Å². The van der Waals surface area contributed by atoms with Crippen LogP contribution in [0.5, 0.6) is 5.75 Å². The zero-order valence-electron chi connectivity index (χ0n) is 13.7. The third kappa shape index (κ3) is 2.39. The Morgan fingerprint density at radius 2 is 1.92 bits per heavy atom. The van der Waals surface area contributed by atoms with E-state index in [0.29, 0.717) is 23.7 Å². The maximum atomic E-state index is 14.2. The van der Waals surface area contributed by atoms with E-state index in [1.54, 1.807) is 6.07 Å². The van der Waals surface area contributed by atoms with Crippen LogP contribution in [-0.4, -0.2) is 11.8 Å². The van der Waals surface area contributed by atoms with Gasteiger partial charge in [-0.25, -0.2) is 4.39 Å². The van der Waals surface area contributed by atoms with E-state index in [1.807, 2.05) is 0 Å². The van der Waals surface area contributed by atoms with Crippen molar-refractivity contribution in [2.45, 2.75) is 50.9 Å². The van der Waals surface area contributed by atoms with Crippen LogP contribution in [0.3, 0.4) is 0 Å². The van der Waals surface area contributed by atoms with E-state index in [4.69, 9.17) is 16.3 Å². The topological polar surface area (TPSA) is 26.3 Å². The molecule has 5 saturated carbocycles. The molecule has 6 rings (SSSR count). The molecule has 4 heteroatoms. The number of carbonyl (C=O) groups excluding carboxylic acids is 1. The molecule has 0 heterocycles. The highest BCUT2D eigenvalue weighted by Crippen LogP contribution is 2.64. The fourth-order valence-corrected chi connectivity index (χ4v) is 6.09. The van der Waals surface area contributed by atoms with Gasteiger partial charge in [-0.2, -0.15) is 0 Å². The summed E-state index contributed by atoms with van der Waals surface area (Å²) in [5, 5.41) is -0.731. The molecule has 128 valence electrons. The number of carbonyl (C=O) groups is 1. The van der Waals surface area contributed by atoms with E-state index >= 15 is 0 Å². The van der Waals surface area contributed by atoms with E-state index in [-0.39, 0.29) is 5.56 Å². The Labute approximate surface area is 146 Å². The predicted molar refractivity (Wildman–Crippen MR) is 90.0 cm³/mol. The predicted octanol–water partition coefficient (Wildman–Crippen LogP) is 5.29. The Morgan fingerprint density at radius 1 is 1.21 bits per heavy atom. The van der Waals surface area contributed by atoms with Gasteiger partial charge in [-0.05, 0) is 91.8 Å². The molecule has 0 aliphatic heterocycles. The minimum atomic E-state index is -0.731. The molecular formula is C20H22ClFO2. The second kappa shape index (κ2) is 5.20. The Bertz CT molecular complexity index is 692. The van der Waals surface area contributed by atoms with Crippen LogP contribution in [0.2, 0.25) is 0 Å². The smallest absolute Gasteiger partial charge is 0.255 e. The van der Waals surface area contributed by atoms with Gasteiger partial charge in [-0.1, -0.05) is 0 Å². The number of halogens is 2. The number of rotatable bonds is 5.